The minimum absolute atomic E-state index is 0.618. The summed E-state index contributed by atoms with van der Waals surface area (Å²) in [5.74, 6) is 1.58. The van der Waals surface area contributed by atoms with Crippen LogP contribution in [0.25, 0.3) is 0 Å². The zero-order valence-electron chi connectivity index (χ0n) is 16.0. The number of benzene rings is 2. The average molecular weight is 368 g/mol. The number of aldehydes is 1. The maximum atomic E-state index is 11.0. The van der Waals surface area contributed by atoms with Gasteiger partial charge in [0.25, 0.3) is 0 Å². The molecule has 1 heterocycles. The molecule has 2 aromatic rings. The first-order valence-electron chi connectivity index (χ1n) is 9.58. The summed E-state index contributed by atoms with van der Waals surface area (Å²) in [6.45, 7) is 6.01. The van der Waals surface area contributed by atoms with Crippen LogP contribution in [0, 0.1) is 0 Å². The first-order valence-corrected chi connectivity index (χ1v) is 9.58. The predicted molar refractivity (Wildman–Crippen MR) is 108 cm³/mol. The molecule has 1 aliphatic rings. The summed E-state index contributed by atoms with van der Waals surface area (Å²) in [5, 5.41) is 0. The molecule has 1 aliphatic heterocycles. The van der Waals surface area contributed by atoms with Gasteiger partial charge < -0.3 is 14.4 Å². The lowest BCUT2D eigenvalue weighted by molar-refractivity contribution is 0.111. The number of nitrogens with zero attached hydrogens (tertiary/aromatic N) is 2. The highest BCUT2D eigenvalue weighted by molar-refractivity contribution is 5.79. The molecule has 2 aromatic carbocycles. The third-order valence-electron chi connectivity index (χ3n) is 4.98. The van der Waals surface area contributed by atoms with Gasteiger partial charge in [-0.1, -0.05) is 12.1 Å². The van der Waals surface area contributed by atoms with Crippen LogP contribution in [0.1, 0.15) is 23.2 Å². The molecule has 0 amide bonds. The SMILES string of the molecule is COc1ccc(N2CCN(CCCCOc3ccccc3C=O)CC2)cc1. The first kappa shape index (κ1) is 19.2. The molecule has 0 N–H and O–H groups in total. The highest BCUT2D eigenvalue weighted by Gasteiger charge is 2.16. The zero-order chi connectivity index (χ0) is 18.9. The number of unbranched alkanes of at least 4 members (excludes halogenated alkanes) is 1. The van der Waals surface area contributed by atoms with Crippen LogP contribution in [-0.4, -0.2) is 57.6 Å². The van der Waals surface area contributed by atoms with Crippen molar-refractivity contribution in [3.63, 3.8) is 0 Å². The molecule has 0 spiro atoms. The Kier molecular flexibility index (Phi) is 7.11. The van der Waals surface area contributed by atoms with E-state index in [1.54, 1.807) is 13.2 Å². The second-order valence-electron chi connectivity index (χ2n) is 6.74. The number of ether oxygens (including phenoxy) is 2. The molecule has 0 bridgehead atoms. The van der Waals surface area contributed by atoms with Crippen molar-refractivity contribution >= 4 is 12.0 Å². The summed E-state index contributed by atoms with van der Waals surface area (Å²) >= 11 is 0. The van der Waals surface area contributed by atoms with Crippen molar-refractivity contribution in [3.05, 3.63) is 54.1 Å². The monoisotopic (exact) mass is 368 g/mol. The quantitative estimate of drug-likeness (QED) is 0.501. The van der Waals surface area contributed by atoms with Crippen molar-refractivity contribution < 1.29 is 14.3 Å². The number of hydrogen-bond donors (Lipinski definition) is 0. The number of methoxy groups -OCH3 is 1. The van der Waals surface area contributed by atoms with Crippen molar-refractivity contribution in [3.8, 4) is 11.5 Å². The molecule has 27 heavy (non-hydrogen) atoms. The van der Waals surface area contributed by atoms with Crippen LogP contribution in [0.3, 0.4) is 0 Å². The molecule has 0 aliphatic carbocycles. The molecule has 5 heteroatoms. The molecule has 5 nitrogen and oxygen atoms in total. The zero-order valence-corrected chi connectivity index (χ0v) is 16.0. The summed E-state index contributed by atoms with van der Waals surface area (Å²) in [6, 6.07) is 15.7. The second-order valence-corrected chi connectivity index (χ2v) is 6.74. The molecule has 0 aromatic heterocycles. The Hall–Kier alpha value is -2.53. The van der Waals surface area contributed by atoms with Crippen molar-refractivity contribution in [2.75, 3.05) is 51.3 Å². The Labute approximate surface area is 161 Å². The van der Waals surface area contributed by atoms with E-state index in [4.69, 9.17) is 9.47 Å². The summed E-state index contributed by atoms with van der Waals surface area (Å²) in [7, 11) is 1.69. The molecule has 1 saturated heterocycles. The lowest BCUT2D eigenvalue weighted by Crippen LogP contribution is -2.46. The lowest BCUT2D eigenvalue weighted by Gasteiger charge is -2.36. The van der Waals surface area contributed by atoms with Crippen molar-refractivity contribution in [2.45, 2.75) is 12.8 Å². The highest BCUT2D eigenvalue weighted by atomic mass is 16.5. The van der Waals surface area contributed by atoms with Gasteiger partial charge in [0.1, 0.15) is 11.5 Å². The van der Waals surface area contributed by atoms with Gasteiger partial charge in [0, 0.05) is 31.9 Å². The first-order chi connectivity index (χ1) is 13.3. The molecule has 0 atom stereocenters. The van der Waals surface area contributed by atoms with Crippen LogP contribution in [0.4, 0.5) is 5.69 Å². The summed E-state index contributed by atoms with van der Waals surface area (Å²) < 4.78 is 11.0. The third kappa shape index (κ3) is 5.47. The van der Waals surface area contributed by atoms with Gasteiger partial charge in [-0.05, 0) is 55.8 Å². The molecular weight excluding hydrogens is 340 g/mol. The largest absolute Gasteiger partial charge is 0.497 e. The number of para-hydroxylation sites is 1. The van der Waals surface area contributed by atoms with Crippen LogP contribution in [-0.2, 0) is 0 Å². The molecule has 1 fully saturated rings. The fourth-order valence-corrected chi connectivity index (χ4v) is 3.35. The Morgan fingerprint density at radius 2 is 1.70 bits per heavy atom. The van der Waals surface area contributed by atoms with E-state index in [1.807, 2.05) is 30.3 Å². The summed E-state index contributed by atoms with van der Waals surface area (Å²) in [4.78, 5) is 15.9. The van der Waals surface area contributed by atoms with E-state index >= 15 is 0 Å². The van der Waals surface area contributed by atoms with Gasteiger partial charge in [-0.25, -0.2) is 0 Å². The number of carbonyl (C=O) groups is 1. The van der Waals surface area contributed by atoms with Gasteiger partial charge in [0.2, 0.25) is 0 Å². The van der Waals surface area contributed by atoms with Crippen molar-refractivity contribution in [1.82, 2.24) is 4.90 Å². The molecule has 0 radical (unpaired) electrons. The predicted octanol–water partition coefficient (Wildman–Crippen LogP) is 3.49. The van der Waals surface area contributed by atoms with Crippen LogP contribution in [0.5, 0.6) is 11.5 Å². The lowest BCUT2D eigenvalue weighted by atomic mass is 10.2. The fraction of sp³-hybridized carbons (Fsp3) is 0.409. The van der Waals surface area contributed by atoms with E-state index in [2.05, 4.69) is 21.9 Å². The van der Waals surface area contributed by atoms with E-state index < -0.39 is 0 Å². The third-order valence-corrected chi connectivity index (χ3v) is 4.98. The van der Waals surface area contributed by atoms with Crippen molar-refractivity contribution in [2.24, 2.45) is 0 Å². The van der Waals surface area contributed by atoms with E-state index in [9.17, 15) is 4.79 Å². The Balaban J connectivity index is 1.33. The minimum atomic E-state index is 0.618. The summed E-state index contributed by atoms with van der Waals surface area (Å²) in [5.41, 5.74) is 1.88. The number of piperazine rings is 1. The number of anilines is 1. The molecule has 144 valence electrons. The van der Waals surface area contributed by atoms with E-state index in [1.165, 1.54) is 5.69 Å². The average Bonchev–Trinajstić information content (AvgIpc) is 2.74. The smallest absolute Gasteiger partial charge is 0.153 e. The van der Waals surface area contributed by atoms with E-state index in [0.29, 0.717) is 17.9 Å². The Morgan fingerprint density at radius 3 is 2.41 bits per heavy atom. The summed E-state index contributed by atoms with van der Waals surface area (Å²) in [6.07, 6.45) is 2.94. The number of carbonyl (C=O) groups excluding carboxylic acids is 1. The topological polar surface area (TPSA) is 42.0 Å². The van der Waals surface area contributed by atoms with Crippen molar-refractivity contribution in [1.29, 1.82) is 0 Å². The molecule has 0 saturated carbocycles. The van der Waals surface area contributed by atoms with Crippen LogP contribution in [0.15, 0.2) is 48.5 Å². The molecule has 0 unspecified atom stereocenters. The molecular formula is C22H28N2O3. The van der Waals surface area contributed by atoms with Gasteiger partial charge >= 0.3 is 0 Å². The van der Waals surface area contributed by atoms with Gasteiger partial charge in [0.05, 0.1) is 19.3 Å². The fourth-order valence-electron chi connectivity index (χ4n) is 3.35. The Bertz CT molecular complexity index is 710. The normalized spacial score (nSPS) is 14.8. The van der Waals surface area contributed by atoms with Crippen LogP contribution in [0.2, 0.25) is 0 Å². The standard InChI is InChI=1S/C22H28N2O3/c1-26-21-10-8-20(9-11-21)24-15-13-23(14-16-24)12-4-5-17-27-22-7-3-2-6-19(22)18-25/h2-3,6-11,18H,4-5,12-17H2,1H3. The Morgan fingerprint density at radius 1 is 0.963 bits per heavy atom. The van der Waals surface area contributed by atoms with Gasteiger partial charge in [-0.3, -0.25) is 9.69 Å². The molecule has 3 rings (SSSR count). The maximum absolute atomic E-state index is 11.0. The van der Waals surface area contributed by atoms with Gasteiger partial charge in [-0.15, -0.1) is 0 Å². The van der Waals surface area contributed by atoms with Crippen LogP contribution < -0.4 is 14.4 Å². The second kappa shape index (κ2) is 9.97. The maximum Gasteiger partial charge on any atom is 0.153 e. The van der Waals surface area contributed by atoms with Gasteiger partial charge in [-0.2, -0.15) is 0 Å². The van der Waals surface area contributed by atoms with E-state index in [-0.39, 0.29) is 0 Å². The highest BCUT2D eigenvalue weighted by Crippen LogP contribution is 2.20. The van der Waals surface area contributed by atoms with E-state index in [0.717, 1.165) is 57.6 Å². The van der Waals surface area contributed by atoms with Crippen LogP contribution >= 0.6 is 0 Å². The minimum Gasteiger partial charge on any atom is -0.497 e. The van der Waals surface area contributed by atoms with Gasteiger partial charge in [0.15, 0.2) is 6.29 Å². The number of hydrogen-bond acceptors (Lipinski definition) is 5. The number of rotatable bonds is 9.